The summed E-state index contributed by atoms with van der Waals surface area (Å²) in [4.78, 5) is 25.4. The van der Waals surface area contributed by atoms with Crippen LogP contribution in [-0.4, -0.2) is 31.6 Å². The lowest BCUT2D eigenvalue weighted by Gasteiger charge is -2.34. The molecule has 2 aromatic rings. The summed E-state index contributed by atoms with van der Waals surface area (Å²) in [7, 11) is 1.60. The molecule has 0 unspecified atom stereocenters. The van der Waals surface area contributed by atoms with E-state index in [1.807, 2.05) is 54.6 Å². The third-order valence-electron chi connectivity index (χ3n) is 6.10. The Labute approximate surface area is 184 Å². The van der Waals surface area contributed by atoms with Crippen molar-refractivity contribution < 1.29 is 19.1 Å². The Morgan fingerprint density at radius 1 is 1.06 bits per heavy atom. The highest BCUT2D eigenvalue weighted by molar-refractivity contribution is 6.21. The van der Waals surface area contributed by atoms with E-state index in [-0.39, 0.29) is 18.6 Å². The quantitative estimate of drug-likeness (QED) is 0.399. The number of hydrogen-bond acceptors (Lipinski definition) is 4. The molecule has 164 valence electrons. The monoisotopic (exact) mass is 421 g/mol. The van der Waals surface area contributed by atoms with Crippen molar-refractivity contribution in [3.8, 4) is 5.75 Å². The van der Waals surface area contributed by atoms with Gasteiger partial charge >= 0.3 is 5.97 Å². The molecule has 2 aromatic carbocycles. The fourth-order valence-electron chi connectivity index (χ4n) is 4.02. The minimum absolute atomic E-state index is 0.135. The van der Waals surface area contributed by atoms with Crippen LogP contribution in [0.25, 0.3) is 11.6 Å². The number of carbonyl (C=O) groups excluding carboxylic acids is 2. The van der Waals surface area contributed by atoms with Crippen LogP contribution in [-0.2, 0) is 14.3 Å². The highest BCUT2D eigenvalue weighted by Gasteiger charge is 2.28. The summed E-state index contributed by atoms with van der Waals surface area (Å²) in [5.74, 6) is 0.908. The standard InChI is InChI=1S/C26H31NO4/c1-18-9-7-14-24(19(18)2)27-25(28)17-31-26(29)23(21-11-5-4-6-12-21)16-20-10-8-13-22(15-20)30-3/h4-6,8,10-13,15-16,18-19,24H,7,9,14,17H2,1-3H3,(H,27,28)/b23-16+/t18-,19+,24-/m0/s1. The molecule has 0 saturated heterocycles. The van der Waals surface area contributed by atoms with E-state index in [9.17, 15) is 9.59 Å². The van der Waals surface area contributed by atoms with Crippen LogP contribution in [0.15, 0.2) is 54.6 Å². The lowest BCUT2D eigenvalue weighted by atomic mass is 9.78. The van der Waals surface area contributed by atoms with Gasteiger partial charge in [-0.25, -0.2) is 4.79 Å². The molecule has 1 amide bonds. The maximum Gasteiger partial charge on any atom is 0.339 e. The molecular weight excluding hydrogens is 390 g/mol. The Balaban J connectivity index is 1.70. The number of methoxy groups -OCH3 is 1. The topological polar surface area (TPSA) is 64.6 Å². The summed E-state index contributed by atoms with van der Waals surface area (Å²) < 4.78 is 10.7. The van der Waals surface area contributed by atoms with Crippen LogP contribution in [0.2, 0.25) is 0 Å². The zero-order chi connectivity index (χ0) is 22.2. The van der Waals surface area contributed by atoms with Crippen molar-refractivity contribution in [2.24, 2.45) is 11.8 Å². The van der Waals surface area contributed by atoms with Crippen LogP contribution in [0.1, 0.15) is 44.2 Å². The molecule has 0 aromatic heterocycles. The first-order chi connectivity index (χ1) is 15.0. The van der Waals surface area contributed by atoms with Gasteiger partial charge in [0.15, 0.2) is 6.61 Å². The summed E-state index contributed by atoms with van der Waals surface area (Å²) in [6, 6.07) is 16.9. The molecule has 0 radical (unpaired) electrons. The number of rotatable bonds is 7. The first-order valence-corrected chi connectivity index (χ1v) is 10.9. The minimum atomic E-state index is -0.533. The Morgan fingerprint density at radius 3 is 2.58 bits per heavy atom. The first-order valence-electron chi connectivity index (χ1n) is 10.9. The Kier molecular flexibility index (Phi) is 7.88. The lowest BCUT2D eigenvalue weighted by molar-refractivity contribution is -0.143. The van der Waals surface area contributed by atoms with Gasteiger partial charge in [0.1, 0.15) is 5.75 Å². The van der Waals surface area contributed by atoms with E-state index < -0.39 is 5.97 Å². The second-order valence-corrected chi connectivity index (χ2v) is 8.22. The number of nitrogens with one attached hydrogen (secondary N) is 1. The second kappa shape index (κ2) is 10.8. The first kappa shape index (κ1) is 22.6. The average Bonchev–Trinajstić information content (AvgIpc) is 2.79. The largest absolute Gasteiger partial charge is 0.497 e. The van der Waals surface area contributed by atoms with Gasteiger partial charge in [-0.1, -0.05) is 69.2 Å². The molecule has 1 N–H and O–H groups in total. The minimum Gasteiger partial charge on any atom is -0.497 e. The molecular formula is C26H31NO4. The van der Waals surface area contributed by atoms with Crippen LogP contribution in [0.3, 0.4) is 0 Å². The third kappa shape index (κ3) is 6.20. The van der Waals surface area contributed by atoms with Crippen molar-refractivity contribution in [3.05, 3.63) is 65.7 Å². The van der Waals surface area contributed by atoms with Gasteiger partial charge in [0.2, 0.25) is 0 Å². The normalized spacial score (nSPS) is 21.3. The van der Waals surface area contributed by atoms with Gasteiger partial charge in [-0.2, -0.15) is 0 Å². The van der Waals surface area contributed by atoms with E-state index in [0.717, 1.165) is 24.0 Å². The van der Waals surface area contributed by atoms with Gasteiger partial charge < -0.3 is 14.8 Å². The Bertz CT molecular complexity index is 922. The van der Waals surface area contributed by atoms with E-state index >= 15 is 0 Å². The molecule has 1 aliphatic carbocycles. The summed E-state index contributed by atoms with van der Waals surface area (Å²) >= 11 is 0. The van der Waals surface area contributed by atoms with Gasteiger partial charge in [0, 0.05) is 6.04 Å². The van der Waals surface area contributed by atoms with Gasteiger partial charge in [-0.3, -0.25) is 4.79 Å². The highest BCUT2D eigenvalue weighted by atomic mass is 16.5. The second-order valence-electron chi connectivity index (χ2n) is 8.22. The van der Waals surface area contributed by atoms with Crippen molar-refractivity contribution in [1.29, 1.82) is 0 Å². The molecule has 0 spiro atoms. The molecule has 0 heterocycles. The number of hydrogen-bond donors (Lipinski definition) is 1. The molecule has 3 rings (SSSR count). The van der Waals surface area contributed by atoms with Crippen LogP contribution in [0, 0.1) is 11.8 Å². The SMILES string of the molecule is COc1cccc(/C=C(/C(=O)OCC(=O)N[C@H]2CCC[C@H](C)[C@H]2C)c2ccccc2)c1. The van der Waals surface area contributed by atoms with Gasteiger partial charge in [-0.15, -0.1) is 0 Å². The maximum absolute atomic E-state index is 12.9. The van der Waals surface area contributed by atoms with E-state index in [4.69, 9.17) is 9.47 Å². The van der Waals surface area contributed by atoms with Crippen molar-refractivity contribution in [2.45, 2.75) is 39.2 Å². The van der Waals surface area contributed by atoms with Crippen molar-refractivity contribution in [1.82, 2.24) is 5.32 Å². The lowest BCUT2D eigenvalue weighted by Crippen LogP contribution is -2.45. The zero-order valence-electron chi connectivity index (χ0n) is 18.5. The average molecular weight is 422 g/mol. The molecule has 1 aliphatic rings. The Hall–Kier alpha value is -3.08. The molecule has 3 atom stereocenters. The smallest absolute Gasteiger partial charge is 0.339 e. The van der Waals surface area contributed by atoms with Crippen molar-refractivity contribution in [2.75, 3.05) is 13.7 Å². The Morgan fingerprint density at radius 2 is 1.84 bits per heavy atom. The third-order valence-corrected chi connectivity index (χ3v) is 6.10. The fraction of sp³-hybridized carbons (Fsp3) is 0.385. The van der Waals surface area contributed by atoms with Gasteiger partial charge in [0.25, 0.3) is 5.91 Å². The predicted octanol–water partition coefficient (Wildman–Crippen LogP) is 4.72. The van der Waals surface area contributed by atoms with Crippen molar-refractivity contribution >= 4 is 23.5 Å². The van der Waals surface area contributed by atoms with Crippen LogP contribution < -0.4 is 10.1 Å². The molecule has 5 heteroatoms. The number of benzene rings is 2. The summed E-state index contributed by atoms with van der Waals surface area (Å²) in [6.45, 7) is 4.10. The summed E-state index contributed by atoms with van der Waals surface area (Å²) in [5.41, 5.74) is 1.93. The van der Waals surface area contributed by atoms with Crippen molar-refractivity contribution in [3.63, 3.8) is 0 Å². The fourth-order valence-corrected chi connectivity index (χ4v) is 4.02. The van der Waals surface area contributed by atoms with E-state index in [2.05, 4.69) is 19.2 Å². The molecule has 0 bridgehead atoms. The van der Waals surface area contributed by atoms with Crippen LogP contribution in [0.5, 0.6) is 5.75 Å². The summed E-state index contributed by atoms with van der Waals surface area (Å²) in [5, 5.41) is 3.05. The number of carbonyl (C=O) groups is 2. The van der Waals surface area contributed by atoms with Gasteiger partial charge in [0.05, 0.1) is 12.7 Å². The number of ether oxygens (including phenoxy) is 2. The van der Waals surface area contributed by atoms with E-state index in [1.54, 1.807) is 13.2 Å². The van der Waals surface area contributed by atoms with E-state index in [0.29, 0.717) is 23.2 Å². The molecule has 1 saturated carbocycles. The number of amides is 1. The summed E-state index contributed by atoms with van der Waals surface area (Å²) in [6.07, 6.45) is 5.02. The van der Waals surface area contributed by atoms with E-state index in [1.165, 1.54) is 6.42 Å². The maximum atomic E-state index is 12.9. The zero-order valence-corrected chi connectivity index (χ0v) is 18.5. The molecule has 1 fully saturated rings. The van der Waals surface area contributed by atoms with Crippen LogP contribution in [0.4, 0.5) is 0 Å². The highest BCUT2D eigenvalue weighted by Crippen LogP contribution is 2.29. The number of esters is 1. The molecule has 0 aliphatic heterocycles. The van der Waals surface area contributed by atoms with Gasteiger partial charge in [-0.05, 0) is 47.6 Å². The molecule has 31 heavy (non-hydrogen) atoms. The molecule has 5 nitrogen and oxygen atoms in total. The predicted molar refractivity (Wildman–Crippen MR) is 122 cm³/mol. The van der Waals surface area contributed by atoms with Crippen LogP contribution >= 0.6 is 0 Å².